The molecule has 0 aliphatic carbocycles. The number of aliphatic imine (C=N–C) groups is 1. The number of nitrogens with zero attached hydrogens (tertiary/aromatic N) is 2. The lowest BCUT2D eigenvalue weighted by molar-refractivity contribution is 0.259. The average molecular weight is 455 g/mol. The predicted molar refractivity (Wildman–Crippen MR) is 121 cm³/mol. The number of rotatable bonds is 4. The molecule has 0 saturated carbocycles. The summed E-state index contributed by atoms with van der Waals surface area (Å²) in [6, 6.07) is 10.8. The van der Waals surface area contributed by atoms with Crippen molar-refractivity contribution in [1.29, 1.82) is 0 Å². The number of H-pyrrole nitrogens is 1. The van der Waals surface area contributed by atoms with E-state index in [1.807, 2.05) is 57.2 Å². The molecule has 0 radical (unpaired) electrons. The summed E-state index contributed by atoms with van der Waals surface area (Å²) < 4.78 is 2.47. The van der Waals surface area contributed by atoms with Gasteiger partial charge in [-0.3, -0.25) is 9.89 Å². The van der Waals surface area contributed by atoms with E-state index in [0.717, 1.165) is 39.0 Å². The van der Waals surface area contributed by atoms with Gasteiger partial charge in [-0.15, -0.1) is 0 Å². The van der Waals surface area contributed by atoms with Crippen molar-refractivity contribution in [1.82, 2.24) is 9.78 Å². The van der Waals surface area contributed by atoms with E-state index in [9.17, 15) is 9.59 Å². The highest BCUT2D eigenvalue weighted by molar-refractivity contribution is 9.10. The number of halogens is 1. The molecule has 0 unspecified atom stereocenters. The van der Waals surface area contributed by atoms with Crippen molar-refractivity contribution in [3.8, 4) is 5.69 Å². The highest BCUT2D eigenvalue weighted by Crippen LogP contribution is 2.24. The second-order valence-electron chi connectivity index (χ2n) is 6.81. The third-order valence-electron chi connectivity index (χ3n) is 5.00. The number of para-hydroxylation sites is 1. The second-order valence-corrected chi connectivity index (χ2v) is 7.66. The summed E-state index contributed by atoms with van der Waals surface area (Å²) in [7, 11) is 0. The van der Waals surface area contributed by atoms with Gasteiger partial charge in [-0.05, 0) is 62.1 Å². The average Bonchev–Trinajstić information content (AvgIpc) is 2.98. The van der Waals surface area contributed by atoms with Crippen LogP contribution in [0.2, 0.25) is 0 Å². The molecular weight excluding hydrogens is 432 g/mol. The van der Waals surface area contributed by atoms with Crippen molar-refractivity contribution in [2.45, 2.75) is 34.1 Å². The Morgan fingerprint density at radius 3 is 2.62 bits per heavy atom. The topological polar surface area (TPSA) is 79.2 Å². The fourth-order valence-corrected chi connectivity index (χ4v) is 3.55. The number of aryl methyl sites for hydroxylation is 2. The fraction of sp³-hybridized carbons (Fsp3) is 0.227. The Kier molecular flexibility index (Phi) is 6.17. The predicted octanol–water partition coefficient (Wildman–Crippen LogP) is 5.07. The maximum absolute atomic E-state index is 12.9. The molecule has 0 fully saturated rings. The summed E-state index contributed by atoms with van der Waals surface area (Å²) in [5.41, 5.74) is 5.30. The summed E-state index contributed by atoms with van der Waals surface area (Å²) >= 11 is 3.51. The highest BCUT2D eigenvalue weighted by Gasteiger charge is 2.14. The van der Waals surface area contributed by atoms with Crippen molar-refractivity contribution in [3.05, 3.63) is 79.2 Å². The van der Waals surface area contributed by atoms with Gasteiger partial charge >= 0.3 is 6.03 Å². The van der Waals surface area contributed by atoms with E-state index >= 15 is 0 Å². The van der Waals surface area contributed by atoms with E-state index in [1.165, 1.54) is 10.9 Å². The molecule has 0 bridgehead atoms. The van der Waals surface area contributed by atoms with Gasteiger partial charge in [0.2, 0.25) is 0 Å². The van der Waals surface area contributed by atoms with Crippen molar-refractivity contribution in [3.63, 3.8) is 0 Å². The molecule has 0 atom stereocenters. The zero-order valence-corrected chi connectivity index (χ0v) is 18.4. The molecule has 7 heteroatoms. The molecule has 3 rings (SSSR count). The zero-order chi connectivity index (χ0) is 21.1. The van der Waals surface area contributed by atoms with E-state index < -0.39 is 6.03 Å². The number of anilines is 1. The Labute approximate surface area is 177 Å². The van der Waals surface area contributed by atoms with Crippen LogP contribution in [0.15, 0.2) is 50.7 Å². The highest BCUT2D eigenvalue weighted by atomic mass is 79.9. The van der Waals surface area contributed by atoms with Gasteiger partial charge in [0.05, 0.1) is 11.3 Å². The largest absolute Gasteiger partial charge is 0.345 e. The molecule has 29 heavy (non-hydrogen) atoms. The van der Waals surface area contributed by atoms with Gasteiger partial charge in [-0.25, -0.2) is 14.5 Å². The van der Waals surface area contributed by atoms with E-state index in [2.05, 4.69) is 31.3 Å². The minimum atomic E-state index is -0.520. The van der Waals surface area contributed by atoms with Crippen LogP contribution in [0.1, 0.15) is 34.9 Å². The van der Waals surface area contributed by atoms with Crippen molar-refractivity contribution in [2.24, 2.45) is 4.99 Å². The van der Waals surface area contributed by atoms with Crippen molar-refractivity contribution >= 4 is 33.9 Å². The standard InChI is InChI=1S/C22H23BrN4O2/c1-5-16-8-6-7-9-19(16)25-22(29)24-12-17-15(4)26-27(21(17)28)20-11-10-18(23)13(2)14(20)3/h6-12,26H,5H2,1-4H3,(H,25,29)/b24-12+. The van der Waals surface area contributed by atoms with Crippen LogP contribution in [-0.2, 0) is 6.42 Å². The van der Waals surface area contributed by atoms with E-state index in [0.29, 0.717) is 11.3 Å². The summed E-state index contributed by atoms with van der Waals surface area (Å²) in [6.07, 6.45) is 2.11. The second kappa shape index (κ2) is 8.61. The molecule has 0 saturated heterocycles. The fourth-order valence-electron chi connectivity index (χ4n) is 3.12. The molecule has 1 aromatic heterocycles. The molecule has 2 N–H and O–H groups in total. The summed E-state index contributed by atoms with van der Waals surface area (Å²) in [4.78, 5) is 29.1. The van der Waals surface area contributed by atoms with Gasteiger partial charge in [0.1, 0.15) is 0 Å². The first-order valence-electron chi connectivity index (χ1n) is 9.34. The number of hydrogen-bond acceptors (Lipinski definition) is 2. The number of nitrogens with one attached hydrogen (secondary N) is 2. The van der Waals surface area contributed by atoms with Crippen molar-refractivity contribution in [2.75, 3.05) is 5.32 Å². The number of benzene rings is 2. The van der Waals surface area contributed by atoms with Gasteiger partial charge in [0.25, 0.3) is 5.56 Å². The Morgan fingerprint density at radius 2 is 1.90 bits per heavy atom. The summed E-state index contributed by atoms with van der Waals surface area (Å²) in [5.74, 6) is 0. The Bertz CT molecular complexity index is 1160. The quantitative estimate of drug-likeness (QED) is 0.539. The van der Waals surface area contributed by atoms with Crippen LogP contribution in [-0.4, -0.2) is 22.0 Å². The number of hydrogen-bond donors (Lipinski definition) is 2. The lowest BCUT2D eigenvalue weighted by Gasteiger charge is -2.10. The first-order valence-corrected chi connectivity index (χ1v) is 10.1. The van der Waals surface area contributed by atoms with Crippen LogP contribution < -0.4 is 10.9 Å². The monoisotopic (exact) mass is 454 g/mol. The van der Waals surface area contributed by atoms with Gasteiger partial charge in [0, 0.05) is 22.1 Å². The van der Waals surface area contributed by atoms with Crippen molar-refractivity contribution < 1.29 is 4.79 Å². The lowest BCUT2D eigenvalue weighted by atomic mass is 10.1. The molecule has 2 amide bonds. The molecule has 3 aromatic rings. The molecule has 1 heterocycles. The smallest absolute Gasteiger partial charge is 0.306 e. The van der Waals surface area contributed by atoms with E-state index in [1.54, 1.807) is 6.92 Å². The van der Waals surface area contributed by atoms with Gasteiger partial charge in [-0.1, -0.05) is 41.1 Å². The molecule has 0 spiro atoms. The molecule has 0 aliphatic rings. The van der Waals surface area contributed by atoms with Crippen LogP contribution >= 0.6 is 15.9 Å². The summed E-state index contributed by atoms with van der Waals surface area (Å²) in [5, 5.41) is 5.85. The molecule has 6 nitrogen and oxygen atoms in total. The van der Waals surface area contributed by atoms with E-state index in [4.69, 9.17) is 0 Å². The number of urea groups is 1. The minimum Gasteiger partial charge on any atom is -0.306 e. The molecule has 0 aliphatic heterocycles. The number of amides is 2. The maximum atomic E-state index is 12.9. The van der Waals surface area contributed by atoms with E-state index in [-0.39, 0.29) is 5.56 Å². The number of aromatic nitrogens is 2. The zero-order valence-electron chi connectivity index (χ0n) is 16.8. The lowest BCUT2D eigenvalue weighted by Crippen LogP contribution is -2.19. The minimum absolute atomic E-state index is 0.252. The van der Waals surface area contributed by atoms with Gasteiger partial charge in [0.15, 0.2) is 0 Å². The maximum Gasteiger partial charge on any atom is 0.345 e. The first-order chi connectivity index (χ1) is 13.8. The SMILES string of the molecule is CCc1ccccc1NC(=O)/N=C/c1c(C)[nH]n(-c2ccc(Br)c(C)c2C)c1=O. The van der Waals surface area contributed by atoms with Crippen LogP contribution in [0, 0.1) is 20.8 Å². The number of carbonyl (C=O) groups excluding carboxylic acids is 1. The Morgan fingerprint density at radius 1 is 1.17 bits per heavy atom. The van der Waals surface area contributed by atoms with Crippen LogP contribution in [0.5, 0.6) is 0 Å². The molecule has 2 aromatic carbocycles. The summed E-state index contributed by atoms with van der Waals surface area (Å²) in [6.45, 7) is 7.76. The van der Waals surface area contributed by atoms with Gasteiger partial charge in [-0.2, -0.15) is 0 Å². The first kappa shape index (κ1) is 20.8. The third-order valence-corrected chi connectivity index (χ3v) is 5.86. The number of carbonyl (C=O) groups is 1. The third kappa shape index (κ3) is 4.24. The Balaban J connectivity index is 1.88. The molecular formula is C22H23BrN4O2. The Hall–Kier alpha value is -2.93. The van der Waals surface area contributed by atoms with Crippen LogP contribution in [0.3, 0.4) is 0 Å². The van der Waals surface area contributed by atoms with Crippen LogP contribution in [0.4, 0.5) is 10.5 Å². The van der Waals surface area contributed by atoms with Crippen LogP contribution in [0.25, 0.3) is 5.69 Å². The van der Waals surface area contributed by atoms with Gasteiger partial charge < -0.3 is 5.32 Å². The normalized spacial score (nSPS) is 11.2. The molecule has 150 valence electrons. The number of aromatic amines is 1.